The average Bonchev–Trinajstić information content (AvgIpc) is 2.31. The van der Waals surface area contributed by atoms with Crippen LogP contribution in [-0.2, 0) is 13.6 Å². The second-order valence-electron chi connectivity index (χ2n) is 2.64. The molecular formula is C8H15N3. The Balaban J connectivity index is 2.63. The molecule has 1 aromatic heterocycles. The first kappa shape index (κ1) is 8.27. The lowest BCUT2D eigenvalue weighted by Gasteiger charge is -2.02. The zero-order valence-corrected chi connectivity index (χ0v) is 7.39. The van der Waals surface area contributed by atoms with E-state index in [1.807, 2.05) is 20.2 Å². The molecule has 3 heteroatoms. The van der Waals surface area contributed by atoms with Gasteiger partial charge in [-0.2, -0.15) is 0 Å². The molecule has 0 fully saturated rings. The summed E-state index contributed by atoms with van der Waals surface area (Å²) in [4.78, 5) is 4.19. The molecule has 62 valence electrons. The first-order chi connectivity index (χ1) is 5.25. The summed E-state index contributed by atoms with van der Waals surface area (Å²) < 4.78 is 2.10. The monoisotopic (exact) mass is 153 g/mol. The smallest absolute Gasteiger partial charge is 0.105 e. The van der Waals surface area contributed by atoms with Crippen LogP contribution >= 0.6 is 0 Å². The summed E-state index contributed by atoms with van der Waals surface area (Å²) in [7, 11) is 2.04. The zero-order valence-electron chi connectivity index (χ0n) is 7.39. The van der Waals surface area contributed by atoms with E-state index in [9.17, 15) is 0 Å². The Hall–Kier alpha value is -0.830. The number of hydrogen-bond donors (Lipinski definition) is 1. The molecule has 3 nitrogen and oxygen atoms in total. The van der Waals surface area contributed by atoms with Gasteiger partial charge < -0.3 is 9.88 Å². The zero-order chi connectivity index (χ0) is 8.27. The summed E-state index contributed by atoms with van der Waals surface area (Å²) in [5.74, 6) is 1.07. The molecule has 0 saturated carbocycles. The fourth-order valence-electron chi connectivity index (χ4n) is 0.966. The van der Waals surface area contributed by atoms with Crippen LogP contribution in [0.5, 0.6) is 0 Å². The van der Waals surface area contributed by atoms with Gasteiger partial charge in [0.25, 0.3) is 0 Å². The molecule has 0 aliphatic rings. The number of nitrogens with zero attached hydrogens (tertiary/aromatic N) is 2. The number of nitrogens with one attached hydrogen (secondary N) is 1. The van der Waals surface area contributed by atoms with Gasteiger partial charge >= 0.3 is 0 Å². The Morgan fingerprint density at radius 2 is 2.36 bits per heavy atom. The van der Waals surface area contributed by atoms with E-state index in [1.165, 1.54) is 5.69 Å². The van der Waals surface area contributed by atoms with Crippen LogP contribution in [0.15, 0.2) is 6.20 Å². The summed E-state index contributed by atoms with van der Waals surface area (Å²) >= 11 is 0. The normalized spacial score (nSPS) is 10.5. The highest BCUT2D eigenvalue weighted by molar-refractivity contribution is 5.02. The Labute approximate surface area is 67.4 Å². The molecule has 0 spiro atoms. The van der Waals surface area contributed by atoms with Crippen molar-refractivity contribution in [3.05, 3.63) is 17.7 Å². The van der Waals surface area contributed by atoms with Crippen LogP contribution in [0.2, 0.25) is 0 Å². The molecule has 0 atom stereocenters. The minimum atomic E-state index is 0.911. The molecule has 0 radical (unpaired) electrons. The lowest BCUT2D eigenvalue weighted by atomic mass is 10.4. The number of rotatable bonds is 3. The van der Waals surface area contributed by atoms with E-state index in [0.29, 0.717) is 0 Å². The minimum Gasteiger partial charge on any atom is -0.334 e. The number of aromatic nitrogens is 2. The van der Waals surface area contributed by atoms with Crippen LogP contribution in [-0.4, -0.2) is 16.1 Å². The highest BCUT2D eigenvalue weighted by Gasteiger charge is 1.99. The van der Waals surface area contributed by atoms with Crippen molar-refractivity contribution in [1.82, 2.24) is 14.9 Å². The topological polar surface area (TPSA) is 29.9 Å². The molecule has 0 amide bonds. The van der Waals surface area contributed by atoms with E-state index in [2.05, 4.69) is 21.8 Å². The minimum absolute atomic E-state index is 0.911. The van der Waals surface area contributed by atoms with Crippen LogP contribution in [0.1, 0.15) is 18.4 Å². The third-order valence-electron chi connectivity index (χ3n) is 1.87. The third kappa shape index (κ3) is 1.80. The van der Waals surface area contributed by atoms with Crippen molar-refractivity contribution in [2.24, 2.45) is 7.05 Å². The SMILES string of the molecule is CCNCc1cnc(C)n1C. The first-order valence-corrected chi connectivity index (χ1v) is 3.93. The molecule has 1 rings (SSSR count). The summed E-state index contributed by atoms with van der Waals surface area (Å²) in [5, 5.41) is 3.26. The van der Waals surface area contributed by atoms with E-state index < -0.39 is 0 Å². The Morgan fingerprint density at radius 1 is 1.64 bits per heavy atom. The molecule has 0 saturated heterocycles. The Kier molecular flexibility index (Phi) is 2.65. The second-order valence-corrected chi connectivity index (χ2v) is 2.64. The van der Waals surface area contributed by atoms with Gasteiger partial charge in [-0.1, -0.05) is 6.92 Å². The summed E-state index contributed by atoms with van der Waals surface area (Å²) in [6.45, 7) is 6.02. The maximum Gasteiger partial charge on any atom is 0.105 e. The van der Waals surface area contributed by atoms with E-state index in [0.717, 1.165) is 18.9 Å². The van der Waals surface area contributed by atoms with Crippen LogP contribution in [0.4, 0.5) is 0 Å². The standard InChI is InChI=1S/C8H15N3/c1-4-9-5-8-6-10-7(2)11(8)3/h6,9H,4-5H2,1-3H3. The highest BCUT2D eigenvalue weighted by atomic mass is 15.1. The van der Waals surface area contributed by atoms with E-state index >= 15 is 0 Å². The van der Waals surface area contributed by atoms with Crippen LogP contribution in [0.25, 0.3) is 0 Å². The van der Waals surface area contributed by atoms with Crippen molar-refractivity contribution in [3.63, 3.8) is 0 Å². The molecule has 0 aromatic carbocycles. The van der Waals surface area contributed by atoms with Crippen molar-refractivity contribution in [2.75, 3.05) is 6.54 Å². The molecule has 0 bridgehead atoms. The molecule has 0 aliphatic carbocycles. The average molecular weight is 153 g/mol. The molecule has 1 heterocycles. The Morgan fingerprint density at radius 3 is 2.82 bits per heavy atom. The predicted molar refractivity (Wildman–Crippen MR) is 45.3 cm³/mol. The van der Waals surface area contributed by atoms with Gasteiger partial charge in [-0.25, -0.2) is 4.98 Å². The van der Waals surface area contributed by atoms with Crippen molar-refractivity contribution in [3.8, 4) is 0 Å². The van der Waals surface area contributed by atoms with Crippen LogP contribution in [0.3, 0.4) is 0 Å². The van der Waals surface area contributed by atoms with Gasteiger partial charge in [-0.3, -0.25) is 0 Å². The molecule has 0 unspecified atom stereocenters. The van der Waals surface area contributed by atoms with Crippen molar-refractivity contribution in [1.29, 1.82) is 0 Å². The quantitative estimate of drug-likeness (QED) is 0.697. The van der Waals surface area contributed by atoms with Gasteiger partial charge in [-0.05, 0) is 13.5 Å². The van der Waals surface area contributed by atoms with Crippen molar-refractivity contribution in [2.45, 2.75) is 20.4 Å². The fraction of sp³-hybridized carbons (Fsp3) is 0.625. The van der Waals surface area contributed by atoms with E-state index in [4.69, 9.17) is 0 Å². The summed E-state index contributed by atoms with van der Waals surface area (Å²) in [6, 6.07) is 0. The lowest BCUT2D eigenvalue weighted by molar-refractivity contribution is 0.673. The summed E-state index contributed by atoms with van der Waals surface area (Å²) in [6.07, 6.45) is 1.91. The first-order valence-electron chi connectivity index (χ1n) is 3.93. The number of hydrogen-bond acceptors (Lipinski definition) is 2. The number of imidazole rings is 1. The maximum atomic E-state index is 4.19. The van der Waals surface area contributed by atoms with Gasteiger partial charge in [0, 0.05) is 19.8 Å². The van der Waals surface area contributed by atoms with Gasteiger partial charge in [0.1, 0.15) is 5.82 Å². The van der Waals surface area contributed by atoms with Crippen molar-refractivity contribution < 1.29 is 0 Å². The Bertz CT molecular complexity index is 227. The molecule has 11 heavy (non-hydrogen) atoms. The second kappa shape index (κ2) is 3.53. The van der Waals surface area contributed by atoms with Gasteiger partial charge in [0.15, 0.2) is 0 Å². The predicted octanol–water partition coefficient (Wildman–Crippen LogP) is 0.838. The van der Waals surface area contributed by atoms with Crippen LogP contribution in [0, 0.1) is 6.92 Å². The molecular weight excluding hydrogens is 138 g/mol. The number of aryl methyl sites for hydroxylation is 1. The molecule has 1 aromatic rings. The van der Waals surface area contributed by atoms with E-state index in [1.54, 1.807) is 0 Å². The summed E-state index contributed by atoms with van der Waals surface area (Å²) in [5.41, 5.74) is 1.24. The maximum absolute atomic E-state index is 4.19. The van der Waals surface area contributed by atoms with Gasteiger partial charge in [0.05, 0.1) is 5.69 Å². The third-order valence-corrected chi connectivity index (χ3v) is 1.87. The highest BCUT2D eigenvalue weighted by Crippen LogP contribution is 2.00. The van der Waals surface area contributed by atoms with E-state index in [-0.39, 0.29) is 0 Å². The van der Waals surface area contributed by atoms with Gasteiger partial charge in [-0.15, -0.1) is 0 Å². The lowest BCUT2D eigenvalue weighted by Crippen LogP contribution is -2.14. The molecule has 0 aliphatic heterocycles. The largest absolute Gasteiger partial charge is 0.334 e. The van der Waals surface area contributed by atoms with Crippen molar-refractivity contribution >= 4 is 0 Å². The fourth-order valence-corrected chi connectivity index (χ4v) is 0.966. The van der Waals surface area contributed by atoms with Gasteiger partial charge in [0.2, 0.25) is 0 Å². The molecule has 1 N–H and O–H groups in total. The van der Waals surface area contributed by atoms with Crippen LogP contribution < -0.4 is 5.32 Å².